The Morgan fingerprint density at radius 3 is 2.61 bits per heavy atom. The van der Waals surface area contributed by atoms with Gasteiger partial charge in [-0.05, 0) is 6.92 Å². The molecule has 7 heteroatoms. The first-order valence-corrected chi connectivity index (χ1v) is 5.45. The van der Waals surface area contributed by atoms with E-state index in [1.54, 1.807) is 6.92 Å². The lowest BCUT2D eigenvalue weighted by molar-refractivity contribution is -0.0351. The molecule has 1 aliphatic heterocycles. The minimum absolute atomic E-state index is 0.180. The molecule has 0 spiro atoms. The number of aliphatic hydroxyl groups excluding tert-OH is 2. The van der Waals surface area contributed by atoms with Gasteiger partial charge in [-0.1, -0.05) is 12.7 Å². The zero-order valence-electron chi connectivity index (χ0n) is 9.74. The van der Waals surface area contributed by atoms with Crippen LogP contribution in [0, 0.1) is 0 Å². The van der Waals surface area contributed by atoms with Crippen molar-refractivity contribution in [1.82, 2.24) is 9.55 Å². The highest BCUT2D eigenvalue weighted by Gasteiger charge is 2.41. The standard InChI is InChI=1S/C11H14N2O5/c1-3-6-4-13(11(17)12-9(6)16)10-8(15)7(14)5(2)18-10/h3-5,7-8,10,14-15H,1H2,2H3,(H,12,16,17)/t5-,7-,8-,10-/m1/s1. The number of hydrogen-bond acceptors (Lipinski definition) is 5. The van der Waals surface area contributed by atoms with Gasteiger partial charge in [0.15, 0.2) is 6.23 Å². The molecule has 0 saturated carbocycles. The zero-order chi connectivity index (χ0) is 13.4. The van der Waals surface area contributed by atoms with Crippen molar-refractivity contribution < 1.29 is 14.9 Å². The van der Waals surface area contributed by atoms with Crippen LogP contribution in [0.2, 0.25) is 0 Å². The van der Waals surface area contributed by atoms with Crippen LogP contribution in [0.4, 0.5) is 0 Å². The van der Waals surface area contributed by atoms with E-state index < -0.39 is 35.8 Å². The number of rotatable bonds is 2. The highest BCUT2D eigenvalue weighted by molar-refractivity contribution is 5.43. The minimum atomic E-state index is -1.23. The van der Waals surface area contributed by atoms with Crippen molar-refractivity contribution in [3.05, 3.63) is 39.2 Å². The van der Waals surface area contributed by atoms with Gasteiger partial charge in [-0.25, -0.2) is 4.79 Å². The van der Waals surface area contributed by atoms with E-state index in [9.17, 15) is 19.8 Å². The molecule has 2 heterocycles. The van der Waals surface area contributed by atoms with Crippen molar-refractivity contribution in [2.24, 2.45) is 0 Å². The van der Waals surface area contributed by atoms with Gasteiger partial charge in [0.05, 0.1) is 11.7 Å². The largest absolute Gasteiger partial charge is 0.388 e. The third-order valence-corrected chi connectivity index (χ3v) is 2.97. The van der Waals surface area contributed by atoms with Crippen molar-refractivity contribution in [2.45, 2.75) is 31.5 Å². The summed E-state index contributed by atoms with van der Waals surface area (Å²) in [5.74, 6) is 0. The minimum Gasteiger partial charge on any atom is -0.388 e. The Labute approximate surface area is 102 Å². The smallest absolute Gasteiger partial charge is 0.330 e. The van der Waals surface area contributed by atoms with Gasteiger partial charge in [-0.3, -0.25) is 14.3 Å². The predicted molar refractivity (Wildman–Crippen MR) is 63.0 cm³/mol. The molecule has 1 aromatic heterocycles. The second kappa shape index (κ2) is 4.52. The van der Waals surface area contributed by atoms with Crippen LogP contribution in [0.5, 0.6) is 0 Å². The summed E-state index contributed by atoms with van der Waals surface area (Å²) in [6.07, 6.45) is -1.42. The fourth-order valence-electron chi connectivity index (χ4n) is 1.89. The van der Waals surface area contributed by atoms with E-state index in [1.165, 1.54) is 12.3 Å². The number of hydrogen-bond donors (Lipinski definition) is 3. The molecule has 3 N–H and O–H groups in total. The Kier molecular flexibility index (Phi) is 3.20. The number of aliphatic hydroxyl groups is 2. The van der Waals surface area contributed by atoms with Gasteiger partial charge >= 0.3 is 5.69 Å². The van der Waals surface area contributed by atoms with Gasteiger partial charge in [0.2, 0.25) is 0 Å². The molecule has 98 valence electrons. The average molecular weight is 254 g/mol. The molecule has 0 unspecified atom stereocenters. The number of H-pyrrole nitrogens is 1. The molecule has 0 amide bonds. The lowest BCUT2D eigenvalue weighted by atomic mass is 10.1. The molecule has 18 heavy (non-hydrogen) atoms. The van der Waals surface area contributed by atoms with Crippen molar-refractivity contribution in [2.75, 3.05) is 0 Å². The second-order valence-electron chi connectivity index (χ2n) is 4.17. The molecule has 1 saturated heterocycles. The summed E-state index contributed by atoms with van der Waals surface area (Å²) in [6.45, 7) is 5.03. The third-order valence-electron chi connectivity index (χ3n) is 2.97. The van der Waals surface area contributed by atoms with Crippen molar-refractivity contribution in [3.8, 4) is 0 Å². The highest BCUT2D eigenvalue weighted by atomic mass is 16.6. The third kappa shape index (κ3) is 1.92. The maximum atomic E-state index is 11.7. The SMILES string of the molecule is C=Cc1cn([C@@H]2O[C@H](C)[C@@H](O)[C@H]2O)c(=O)[nH]c1=O. The Bertz CT molecular complexity index is 576. The van der Waals surface area contributed by atoms with Crippen LogP contribution in [0.3, 0.4) is 0 Å². The van der Waals surface area contributed by atoms with Crippen molar-refractivity contribution >= 4 is 6.08 Å². The molecule has 1 aromatic rings. The van der Waals surface area contributed by atoms with Crippen molar-refractivity contribution in [3.63, 3.8) is 0 Å². The van der Waals surface area contributed by atoms with E-state index in [-0.39, 0.29) is 5.56 Å². The lowest BCUT2D eigenvalue weighted by Gasteiger charge is -2.17. The first-order chi connectivity index (χ1) is 8.45. The van der Waals surface area contributed by atoms with Gasteiger partial charge in [0.1, 0.15) is 12.2 Å². The normalized spacial score (nSPS) is 31.5. The first-order valence-electron chi connectivity index (χ1n) is 5.45. The molecule has 2 rings (SSSR count). The van der Waals surface area contributed by atoms with Gasteiger partial charge in [-0.2, -0.15) is 0 Å². The summed E-state index contributed by atoms with van der Waals surface area (Å²) in [5, 5.41) is 19.4. The Balaban J connectivity index is 2.49. The van der Waals surface area contributed by atoms with Crippen LogP contribution in [-0.4, -0.2) is 38.1 Å². The van der Waals surface area contributed by atoms with E-state index in [1.807, 2.05) is 0 Å². The molecule has 0 aromatic carbocycles. The van der Waals surface area contributed by atoms with Crippen LogP contribution in [0.15, 0.2) is 22.4 Å². The molecule has 4 atom stereocenters. The molecule has 1 fully saturated rings. The summed E-state index contributed by atoms with van der Waals surface area (Å²) in [5.41, 5.74) is -1.09. The molecule has 0 aliphatic carbocycles. The summed E-state index contributed by atoms with van der Waals surface area (Å²) in [6, 6.07) is 0. The predicted octanol–water partition coefficient (Wildman–Crippen LogP) is -1.18. The van der Waals surface area contributed by atoms with E-state index in [0.29, 0.717) is 0 Å². The fourth-order valence-corrected chi connectivity index (χ4v) is 1.89. The van der Waals surface area contributed by atoms with Gasteiger partial charge in [0, 0.05) is 6.20 Å². The topological polar surface area (TPSA) is 105 Å². The number of aromatic amines is 1. The van der Waals surface area contributed by atoms with Crippen LogP contribution in [-0.2, 0) is 4.74 Å². The fraction of sp³-hybridized carbons (Fsp3) is 0.455. The van der Waals surface area contributed by atoms with E-state index in [2.05, 4.69) is 11.6 Å². The molecular formula is C11H14N2O5. The maximum Gasteiger partial charge on any atom is 0.330 e. The molecule has 1 aliphatic rings. The average Bonchev–Trinajstić information content (AvgIpc) is 2.57. The van der Waals surface area contributed by atoms with Gasteiger partial charge in [0.25, 0.3) is 5.56 Å². The van der Waals surface area contributed by atoms with E-state index >= 15 is 0 Å². The van der Waals surface area contributed by atoms with Crippen LogP contribution < -0.4 is 11.2 Å². The zero-order valence-corrected chi connectivity index (χ0v) is 9.74. The quantitative estimate of drug-likeness (QED) is 0.616. The lowest BCUT2D eigenvalue weighted by Crippen LogP contribution is -2.38. The number of nitrogens with zero attached hydrogens (tertiary/aromatic N) is 1. The number of nitrogens with one attached hydrogen (secondary N) is 1. The molecule has 0 radical (unpaired) electrons. The summed E-state index contributed by atoms with van der Waals surface area (Å²) >= 11 is 0. The first kappa shape index (κ1) is 12.7. The Morgan fingerprint density at radius 1 is 1.44 bits per heavy atom. The number of ether oxygens (including phenoxy) is 1. The molecule has 0 bridgehead atoms. The Hall–Kier alpha value is -1.70. The van der Waals surface area contributed by atoms with Crippen LogP contribution >= 0.6 is 0 Å². The van der Waals surface area contributed by atoms with Gasteiger partial charge in [-0.15, -0.1) is 0 Å². The molecule has 7 nitrogen and oxygen atoms in total. The van der Waals surface area contributed by atoms with Gasteiger partial charge < -0.3 is 14.9 Å². The maximum absolute atomic E-state index is 11.7. The van der Waals surface area contributed by atoms with Crippen LogP contribution in [0.1, 0.15) is 18.7 Å². The van der Waals surface area contributed by atoms with Crippen molar-refractivity contribution in [1.29, 1.82) is 0 Å². The summed E-state index contributed by atoms with van der Waals surface area (Å²) < 4.78 is 6.34. The highest BCUT2D eigenvalue weighted by Crippen LogP contribution is 2.27. The van der Waals surface area contributed by atoms with E-state index in [4.69, 9.17) is 4.74 Å². The Morgan fingerprint density at radius 2 is 2.11 bits per heavy atom. The van der Waals surface area contributed by atoms with Crippen LogP contribution in [0.25, 0.3) is 6.08 Å². The summed E-state index contributed by atoms with van der Waals surface area (Å²) in [7, 11) is 0. The molecular weight excluding hydrogens is 240 g/mol. The number of aromatic nitrogens is 2. The second-order valence-corrected chi connectivity index (χ2v) is 4.17. The summed E-state index contributed by atoms with van der Waals surface area (Å²) in [4.78, 5) is 25.1. The van der Waals surface area contributed by atoms with E-state index in [0.717, 1.165) is 4.57 Å². The monoisotopic (exact) mass is 254 g/mol.